The van der Waals surface area contributed by atoms with Crippen LogP contribution in [0.15, 0.2) is 45.8 Å². The van der Waals surface area contributed by atoms with Crippen LogP contribution in [0.1, 0.15) is 21.8 Å². The second kappa shape index (κ2) is 7.16. The maximum atomic E-state index is 12.9. The van der Waals surface area contributed by atoms with Gasteiger partial charge in [-0.3, -0.25) is 4.79 Å². The maximum absolute atomic E-state index is 12.9. The summed E-state index contributed by atoms with van der Waals surface area (Å²) in [6.45, 7) is 0. The van der Waals surface area contributed by atoms with Gasteiger partial charge >= 0.3 is 11.3 Å². The van der Waals surface area contributed by atoms with E-state index in [0.29, 0.717) is 5.56 Å². The first-order valence-corrected chi connectivity index (χ1v) is 9.47. The fraction of sp³-hybridized carbons (Fsp3) is 0.200. The van der Waals surface area contributed by atoms with Gasteiger partial charge in [0.15, 0.2) is 15.6 Å². The molecule has 0 atom stereocenters. The van der Waals surface area contributed by atoms with Crippen molar-refractivity contribution in [3.8, 4) is 11.4 Å². The molecule has 0 aliphatic carbocycles. The molecule has 0 spiro atoms. The Labute approximate surface area is 156 Å². The smallest absolute Gasteiger partial charge is 0.364 e. The SMILES string of the molecule is O=C(CS(=O)(=O)Cc1cnoc1)c1ccc(-c2noc(C(F)(F)Cl)n2)cc1. The average molecular weight is 418 g/mol. The number of ketones is 1. The van der Waals surface area contributed by atoms with Gasteiger partial charge in [0.25, 0.3) is 0 Å². The number of alkyl halides is 3. The number of carbonyl (C=O) groups excluding carboxylic acids is 1. The largest absolute Gasteiger partial charge is 0.400 e. The molecule has 8 nitrogen and oxygen atoms in total. The molecule has 2 aromatic heterocycles. The first-order chi connectivity index (χ1) is 12.6. The molecule has 1 aromatic carbocycles. The van der Waals surface area contributed by atoms with Gasteiger partial charge in [-0.1, -0.05) is 34.6 Å². The van der Waals surface area contributed by atoms with Crippen LogP contribution in [-0.4, -0.2) is 35.3 Å². The molecule has 0 saturated carbocycles. The number of hydrogen-bond donors (Lipinski definition) is 0. The lowest BCUT2D eigenvalue weighted by Gasteiger charge is -2.03. The highest BCUT2D eigenvalue weighted by molar-refractivity contribution is 7.91. The molecule has 3 rings (SSSR count). The molecule has 12 heteroatoms. The minimum atomic E-state index is -3.79. The molecule has 0 radical (unpaired) electrons. The van der Waals surface area contributed by atoms with E-state index in [-0.39, 0.29) is 22.7 Å². The highest BCUT2D eigenvalue weighted by Gasteiger charge is 2.35. The number of aromatic nitrogens is 3. The lowest BCUT2D eigenvalue weighted by molar-refractivity contribution is 0.0551. The van der Waals surface area contributed by atoms with E-state index in [1.54, 1.807) is 0 Å². The van der Waals surface area contributed by atoms with E-state index in [0.717, 1.165) is 0 Å². The van der Waals surface area contributed by atoms with Gasteiger partial charge in [0.2, 0.25) is 5.82 Å². The highest BCUT2D eigenvalue weighted by Crippen LogP contribution is 2.32. The summed E-state index contributed by atoms with van der Waals surface area (Å²) < 4.78 is 58.9. The first-order valence-electron chi connectivity index (χ1n) is 7.27. The number of halogens is 3. The fourth-order valence-electron chi connectivity index (χ4n) is 2.15. The van der Waals surface area contributed by atoms with Gasteiger partial charge in [-0.25, -0.2) is 8.42 Å². The number of Topliss-reactive ketones (excluding diaryl/α,β-unsaturated/α-hetero) is 1. The van der Waals surface area contributed by atoms with Gasteiger partial charge in [0.05, 0.1) is 11.9 Å². The number of carbonyl (C=O) groups is 1. The third-order valence-electron chi connectivity index (χ3n) is 3.35. The van der Waals surface area contributed by atoms with Crippen molar-refractivity contribution in [2.45, 2.75) is 11.1 Å². The first kappa shape index (κ1) is 19.1. The summed E-state index contributed by atoms with van der Waals surface area (Å²) in [5.41, 5.74) is 0.746. The van der Waals surface area contributed by atoms with Crippen LogP contribution < -0.4 is 0 Å². The highest BCUT2D eigenvalue weighted by atomic mass is 35.5. The third-order valence-corrected chi connectivity index (χ3v) is 4.99. The summed E-state index contributed by atoms with van der Waals surface area (Å²) in [4.78, 5) is 15.7. The van der Waals surface area contributed by atoms with Gasteiger partial charge in [-0.05, 0) is 11.6 Å². The quantitative estimate of drug-likeness (QED) is 0.425. The van der Waals surface area contributed by atoms with Crippen LogP contribution >= 0.6 is 11.6 Å². The van der Waals surface area contributed by atoms with Crippen LogP contribution in [-0.2, 0) is 21.0 Å². The third kappa shape index (κ3) is 4.74. The van der Waals surface area contributed by atoms with Gasteiger partial charge in [0, 0.05) is 16.7 Å². The van der Waals surface area contributed by atoms with Crippen LogP contribution in [0, 0.1) is 0 Å². The lowest BCUT2D eigenvalue weighted by atomic mass is 10.1. The van der Waals surface area contributed by atoms with Gasteiger partial charge in [-0.2, -0.15) is 13.8 Å². The molecule has 3 aromatic rings. The van der Waals surface area contributed by atoms with Crippen molar-refractivity contribution >= 4 is 27.2 Å². The summed E-state index contributed by atoms with van der Waals surface area (Å²) in [6.07, 6.45) is 2.43. The molecule has 27 heavy (non-hydrogen) atoms. The zero-order chi connectivity index (χ0) is 19.7. The van der Waals surface area contributed by atoms with Crippen molar-refractivity contribution in [3.05, 3.63) is 53.7 Å². The van der Waals surface area contributed by atoms with Crippen molar-refractivity contribution in [2.75, 3.05) is 5.75 Å². The Morgan fingerprint density at radius 2 is 1.93 bits per heavy atom. The van der Waals surface area contributed by atoms with E-state index < -0.39 is 32.6 Å². The van der Waals surface area contributed by atoms with E-state index in [4.69, 9.17) is 11.6 Å². The van der Waals surface area contributed by atoms with E-state index in [1.807, 2.05) is 0 Å². The average Bonchev–Trinajstić information content (AvgIpc) is 3.25. The van der Waals surface area contributed by atoms with Crippen molar-refractivity contribution in [2.24, 2.45) is 0 Å². The topological polar surface area (TPSA) is 116 Å². The summed E-state index contributed by atoms with van der Waals surface area (Å²) >= 11 is 4.80. The molecule has 0 N–H and O–H groups in total. The summed E-state index contributed by atoms with van der Waals surface area (Å²) in [5, 5.41) is 2.99. The van der Waals surface area contributed by atoms with Crippen LogP contribution in [0.5, 0.6) is 0 Å². The van der Waals surface area contributed by atoms with E-state index in [9.17, 15) is 22.0 Å². The van der Waals surface area contributed by atoms with Crippen LogP contribution in [0.2, 0.25) is 0 Å². The number of benzene rings is 1. The Hall–Kier alpha value is -2.66. The van der Waals surface area contributed by atoms with E-state index in [2.05, 4.69) is 24.3 Å². The number of rotatable bonds is 7. The molecule has 142 valence electrons. The van der Waals surface area contributed by atoms with Crippen molar-refractivity contribution in [3.63, 3.8) is 0 Å². The maximum Gasteiger partial charge on any atom is 0.400 e. The molecular weight excluding hydrogens is 408 g/mol. The Bertz CT molecular complexity index is 1040. The van der Waals surface area contributed by atoms with Crippen LogP contribution in [0.25, 0.3) is 11.4 Å². The summed E-state index contributed by atoms with van der Waals surface area (Å²) in [6, 6.07) is 5.42. The Balaban J connectivity index is 1.71. The van der Waals surface area contributed by atoms with Crippen LogP contribution in [0.4, 0.5) is 8.78 Å². The Morgan fingerprint density at radius 1 is 1.22 bits per heavy atom. The lowest BCUT2D eigenvalue weighted by Crippen LogP contribution is -2.17. The predicted molar refractivity (Wildman–Crippen MR) is 87.8 cm³/mol. The van der Waals surface area contributed by atoms with Gasteiger partial charge < -0.3 is 9.05 Å². The summed E-state index contributed by atoms with van der Waals surface area (Å²) in [7, 11) is -3.71. The van der Waals surface area contributed by atoms with Gasteiger partial charge in [-0.15, -0.1) is 0 Å². The van der Waals surface area contributed by atoms with Crippen molar-refractivity contribution in [1.82, 2.24) is 15.3 Å². The summed E-state index contributed by atoms with van der Waals surface area (Å²) in [5.74, 6) is -2.91. The molecule has 0 aliphatic rings. The zero-order valence-corrected chi connectivity index (χ0v) is 14.9. The minimum Gasteiger partial charge on any atom is -0.364 e. The second-order valence-corrected chi connectivity index (χ2v) is 8.03. The monoisotopic (exact) mass is 417 g/mol. The molecule has 0 aliphatic heterocycles. The number of sulfone groups is 1. The molecular formula is C15H10ClF2N3O5S. The molecule has 0 fully saturated rings. The molecule has 0 unspecified atom stereocenters. The van der Waals surface area contributed by atoms with E-state index in [1.165, 1.54) is 36.7 Å². The Morgan fingerprint density at radius 3 is 2.48 bits per heavy atom. The Kier molecular flexibility index (Phi) is 5.07. The second-order valence-electron chi connectivity index (χ2n) is 5.49. The standard InChI is InChI=1S/C15H10ClF2N3O5S/c16-15(17,18)14-20-13(21-26-14)11-3-1-10(2-4-11)12(22)8-27(23,24)7-9-5-19-25-6-9/h1-6H,7-8H2. The van der Waals surface area contributed by atoms with Gasteiger partial charge in [0.1, 0.15) is 12.0 Å². The predicted octanol–water partition coefficient (Wildman–Crippen LogP) is 2.81. The molecule has 0 bridgehead atoms. The van der Waals surface area contributed by atoms with E-state index >= 15 is 0 Å². The normalized spacial score (nSPS) is 12.3. The minimum absolute atomic E-state index is 0.124. The molecule has 2 heterocycles. The fourth-order valence-corrected chi connectivity index (χ4v) is 3.54. The van der Waals surface area contributed by atoms with Crippen molar-refractivity contribution < 1.29 is 31.0 Å². The number of nitrogens with zero attached hydrogens (tertiary/aromatic N) is 3. The molecule has 0 amide bonds. The number of hydrogen-bond acceptors (Lipinski definition) is 8. The van der Waals surface area contributed by atoms with Crippen molar-refractivity contribution in [1.29, 1.82) is 0 Å². The zero-order valence-electron chi connectivity index (χ0n) is 13.3. The molecule has 0 saturated heterocycles. The van der Waals surface area contributed by atoms with Crippen LogP contribution in [0.3, 0.4) is 0 Å².